The van der Waals surface area contributed by atoms with E-state index in [1.807, 2.05) is 48.1 Å². The summed E-state index contributed by atoms with van der Waals surface area (Å²) in [4.78, 5) is 10.7. The van der Waals surface area contributed by atoms with Crippen LogP contribution < -0.4 is 0 Å². The van der Waals surface area contributed by atoms with Crippen LogP contribution in [0.3, 0.4) is 0 Å². The Morgan fingerprint density at radius 3 is 2.40 bits per heavy atom. The van der Waals surface area contributed by atoms with Gasteiger partial charge in [0.1, 0.15) is 0 Å². The summed E-state index contributed by atoms with van der Waals surface area (Å²) in [6.45, 7) is 0. The number of aromatic nitrogens is 1. The molecule has 1 aromatic heterocycles. The molecule has 0 radical (unpaired) electrons. The molecule has 1 aromatic carbocycles. The van der Waals surface area contributed by atoms with Gasteiger partial charge in [-0.05, 0) is 23.8 Å². The Kier molecular flexibility index (Phi) is 2.73. The molecule has 0 aliphatic carbocycles. The lowest BCUT2D eigenvalue weighted by Crippen LogP contribution is -1.90. The summed E-state index contributed by atoms with van der Waals surface area (Å²) in [7, 11) is 1.87. The van der Waals surface area contributed by atoms with Crippen LogP contribution >= 0.6 is 15.9 Å². The van der Waals surface area contributed by atoms with Gasteiger partial charge in [0.15, 0.2) is 6.29 Å². The first kappa shape index (κ1) is 10.2. The van der Waals surface area contributed by atoms with Gasteiger partial charge in [0, 0.05) is 23.3 Å². The first-order valence-corrected chi connectivity index (χ1v) is 5.37. The number of benzene rings is 1. The van der Waals surface area contributed by atoms with Gasteiger partial charge in [-0.25, -0.2) is 0 Å². The first-order chi connectivity index (χ1) is 7.20. The fourth-order valence-electron chi connectivity index (χ4n) is 1.50. The fourth-order valence-corrected chi connectivity index (χ4v) is 1.76. The molecule has 0 aliphatic heterocycles. The molecule has 76 valence electrons. The highest BCUT2D eigenvalue weighted by Gasteiger charge is 2.03. The van der Waals surface area contributed by atoms with E-state index < -0.39 is 0 Å². The van der Waals surface area contributed by atoms with E-state index in [9.17, 15) is 4.79 Å². The molecule has 0 saturated carbocycles. The second kappa shape index (κ2) is 4.03. The van der Waals surface area contributed by atoms with Gasteiger partial charge in [-0.1, -0.05) is 28.1 Å². The third-order valence-corrected chi connectivity index (χ3v) is 2.87. The molecule has 0 amide bonds. The molecule has 0 aliphatic rings. The number of rotatable bonds is 2. The minimum Gasteiger partial charge on any atom is -0.348 e. The molecule has 2 nitrogen and oxygen atoms in total. The van der Waals surface area contributed by atoms with Gasteiger partial charge < -0.3 is 4.57 Å². The molecule has 15 heavy (non-hydrogen) atoms. The summed E-state index contributed by atoms with van der Waals surface area (Å²) >= 11 is 3.39. The van der Waals surface area contributed by atoms with E-state index in [1.54, 1.807) is 0 Å². The van der Waals surface area contributed by atoms with E-state index in [2.05, 4.69) is 15.9 Å². The Morgan fingerprint density at radius 2 is 1.87 bits per heavy atom. The van der Waals surface area contributed by atoms with Crippen LogP contribution in [0.25, 0.3) is 11.1 Å². The average Bonchev–Trinajstić information content (AvgIpc) is 2.61. The number of hydrogen-bond donors (Lipinski definition) is 0. The van der Waals surface area contributed by atoms with E-state index >= 15 is 0 Å². The molecule has 0 saturated heterocycles. The highest BCUT2D eigenvalue weighted by atomic mass is 79.9. The minimum atomic E-state index is 0.688. The lowest BCUT2D eigenvalue weighted by Gasteiger charge is -1.96. The van der Waals surface area contributed by atoms with Crippen molar-refractivity contribution in [2.45, 2.75) is 0 Å². The van der Waals surface area contributed by atoms with Crippen molar-refractivity contribution < 1.29 is 4.79 Å². The van der Waals surface area contributed by atoms with Crippen molar-refractivity contribution in [2.75, 3.05) is 0 Å². The summed E-state index contributed by atoms with van der Waals surface area (Å²) < 4.78 is 2.88. The third-order valence-electron chi connectivity index (χ3n) is 2.34. The molecule has 1 heterocycles. The van der Waals surface area contributed by atoms with Gasteiger partial charge in [0.2, 0.25) is 0 Å². The van der Waals surface area contributed by atoms with Crippen molar-refractivity contribution in [3.8, 4) is 11.1 Å². The maximum Gasteiger partial charge on any atom is 0.166 e. The highest BCUT2D eigenvalue weighted by Crippen LogP contribution is 2.23. The largest absolute Gasteiger partial charge is 0.348 e. The maximum absolute atomic E-state index is 10.7. The van der Waals surface area contributed by atoms with Crippen LogP contribution in [-0.4, -0.2) is 10.9 Å². The molecule has 3 heteroatoms. The summed E-state index contributed by atoms with van der Waals surface area (Å²) in [5.74, 6) is 0. The molecule has 0 bridgehead atoms. The van der Waals surface area contributed by atoms with Crippen molar-refractivity contribution in [1.29, 1.82) is 0 Å². The summed E-state index contributed by atoms with van der Waals surface area (Å²) in [5.41, 5.74) is 2.86. The van der Waals surface area contributed by atoms with Crippen LogP contribution in [0.2, 0.25) is 0 Å². The van der Waals surface area contributed by atoms with Crippen molar-refractivity contribution in [1.82, 2.24) is 4.57 Å². The van der Waals surface area contributed by atoms with E-state index in [1.165, 1.54) is 0 Å². The molecule has 0 fully saturated rings. The Bertz CT molecular complexity index is 485. The van der Waals surface area contributed by atoms with Crippen LogP contribution in [0.15, 0.2) is 41.0 Å². The van der Waals surface area contributed by atoms with Gasteiger partial charge in [0.25, 0.3) is 0 Å². The van der Waals surface area contributed by atoms with Gasteiger partial charge in [-0.15, -0.1) is 0 Å². The number of nitrogens with zero attached hydrogens (tertiary/aromatic N) is 1. The number of hydrogen-bond acceptors (Lipinski definition) is 1. The monoisotopic (exact) mass is 263 g/mol. The number of aldehydes is 1. The number of halogens is 1. The van der Waals surface area contributed by atoms with Gasteiger partial charge in [-0.2, -0.15) is 0 Å². The van der Waals surface area contributed by atoms with Crippen molar-refractivity contribution in [3.05, 3.63) is 46.7 Å². The van der Waals surface area contributed by atoms with Gasteiger partial charge in [0.05, 0.1) is 5.69 Å². The quantitative estimate of drug-likeness (QED) is 0.763. The van der Waals surface area contributed by atoms with E-state index in [4.69, 9.17) is 0 Å². The third kappa shape index (κ3) is 2.02. The lowest BCUT2D eigenvalue weighted by atomic mass is 10.1. The number of aryl methyl sites for hydroxylation is 1. The van der Waals surface area contributed by atoms with E-state index in [-0.39, 0.29) is 0 Å². The molecule has 0 atom stereocenters. The second-order valence-corrected chi connectivity index (χ2v) is 4.30. The molecule has 2 rings (SSSR count). The van der Waals surface area contributed by atoms with Crippen molar-refractivity contribution >= 4 is 22.2 Å². The summed E-state index contributed by atoms with van der Waals surface area (Å²) in [5, 5.41) is 0. The molecule has 0 N–H and O–H groups in total. The predicted molar refractivity (Wildman–Crippen MR) is 63.9 cm³/mol. The fraction of sp³-hybridized carbons (Fsp3) is 0.0833. The highest BCUT2D eigenvalue weighted by molar-refractivity contribution is 9.10. The van der Waals surface area contributed by atoms with Crippen LogP contribution in [-0.2, 0) is 7.05 Å². The summed E-state index contributed by atoms with van der Waals surface area (Å²) in [6, 6.07) is 9.91. The summed E-state index contributed by atoms with van der Waals surface area (Å²) in [6.07, 6.45) is 2.81. The zero-order valence-electron chi connectivity index (χ0n) is 8.27. The molecule has 0 spiro atoms. The normalized spacial score (nSPS) is 10.3. The zero-order valence-corrected chi connectivity index (χ0v) is 9.86. The Balaban J connectivity index is 2.45. The SMILES string of the molecule is Cn1cc(-c2ccc(Br)cc2)cc1C=O. The number of carbonyl (C=O) groups is 1. The maximum atomic E-state index is 10.7. The smallest absolute Gasteiger partial charge is 0.166 e. The van der Waals surface area contributed by atoms with Crippen molar-refractivity contribution in [3.63, 3.8) is 0 Å². The van der Waals surface area contributed by atoms with Crippen LogP contribution in [0, 0.1) is 0 Å². The Morgan fingerprint density at radius 1 is 1.20 bits per heavy atom. The molecular formula is C12H10BrNO. The van der Waals surface area contributed by atoms with E-state index in [0.29, 0.717) is 5.69 Å². The standard InChI is InChI=1S/C12H10BrNO/c1-14-7-10(6-12(14)8-15)9-2-4-11(13)5-3-9/h2-8H,1H3. The van der Waals surface area contributed by atoms with Crippen LogP contribution in [0.1, 0.15) is 10.5 Å². The Hall–Kier alpha value is -1.35. The van der Waals surface area contributed by atoms with Crippen molar-refractivity contribution in [2.24, 2.45) is 7.05 Å². The lowest BCUT2D eigenvalue weighted by molar-refractivity contribution is 0.111. The first-order valence-electron chi connectivity index (χ1n) is 4.58. The molecular weight excluding hydrogens is 254 g/mol. The van der Waals surface area contributed by atoms with Crippen LogP contribution in [0.5, 0.6) is 0 Å². The Labute approximate surface area is 96.7 Å². The number of carbonyl (C=O) groups excluding carboxylic acids is 1. The van der Waals surface area contributed by atoms with Crippen LogP contribution in [0.4, 0.5) is 0 Å². The van der Waals surface area contributed by atoms with Gasteiger partial charge in [-0.3, -0.25) is 4.79 Å². The minimum absolute atomic E-state index is 0.688. The predicted octanol–water partition coefficient (Wildman–Crippen LogP) is 3.27. The second-order valence-electron chi connectivity index (χ2n) is 3.39. The molecule has 0 unspecified atom stereocenters. The average molecular weight is 264 g/mol. The van der Waals surface area contributed by atoms with E-state index in [0.717, 1.165) is 21.9 Å². The topological polar surface area (TPSA) is 22.0 Å². The molecule has 2 aromatic rings. The zero-order chi connectivity index (χ0) is 10.8. The van der Waals surface area contributed by atoms with Gasteiger partial charge >= 0.3 is 0 Å².